The van der Waals surface area contributed by atoms with E-state index < -0.39 is 17.8 Å². The standard InChI is InChI=1S/C20H21Cl2F3N6O/c21-14-8-12(20(23,24)25)9-28-18(14)29-15-2-1-5-31(19(15)32)13-3-6-30(7-4-13)17-11-26-16(22)10-27-17/h8-11,13,15H,1-7H2,(H,28,29). The lowest BCUT2D eigenvalue weighted by Gasteiger charge is -2.42. The second-order valence-corrected chi connectivity index (χ2v) is 8.63. The van der Waals surface area contributed by atoms with Gasteiger partial charge in [-0.15, -0.1) is 0 Å². The van der Waals surface area contributed by atoms with E-state index in [1.165, 1.54) is 6.20 Å². The van der Waals surface area contributed by atoms with Crippen molar-refractivity contribution in [3.05, 3.63) is 40.4 Å². The molecule has 1 atom stereocenters. The van der Waals surface area contributed by atoms with Crippen molar-refractivity contribution < 1.29 is 18.0 Å². The molecular formula is C20H21Cl2F3N6O. The molecule has 0 bridgehead atoms. The summed E-state index contributed by atoms with van der Waals surface area (Å²) in [5.74, 6) is 0.745. The third kappa shape index (κ3) is 5.01. The predicted octanol–water partition coefficient (Wildman–Crippen LogP) is 4.27. The van der Waals surface area contributed by atoms with Gasteiger partial charge in [-0.05, 0) is 31.7 Å². The molecule has 2 saturated heterocycles. The monoisotopic (exact) mass is 488 g/mol. The van der Waals surface area contributed by atoms with Gasteiger partial charge in [0.1, 0.15) is 22.8 Å². The molecule has 0 aromatic carbocycles. The number of nitrogens with one attached hydrogen (secondary N) is 1. The van der Waals surface area contributed by atoms with Crippen molar-refractivity contribution in [3.8, 4) is 0 Å². The van der Waals surface area contributed by atoms with E-state index in [0.29, 0.717) is 24.3 Å². The van der Waals surface area contributed by atoms with Crippen LogP contribution in [-0.4, -0.2) is 57.5 Å². The first-order valence-electron chi connectivity index (χ1n) is 10.2. The van der Waals surface area contributed by atoms with E-state index in [9.17, 15) is 18.0 Å². The number of piperidine rings is 2. The average Bonchev–Trinajstić information content (AvgIpc) is 2.76. The zero-order valence-electron chi connectivity index (χ0n) is 16.9. The Morgan fingerprint density at radius 1 is 1.00 bits per heavy atom. The summed E-state index contributed by atoms with van der Waals surface area (Å²) in [6.45, 7) is 2.11. The normalized spacial score (nSPS) is 20.5. The molecule has 2 aromatic heterocycles. The number of pyridine rings is 1. The third-order valence-electron chi connectivity index (χ3n) is 5.79. The van der Waals surface area contributed by atoms with Crippen LogP contribution in [0, 0.1) is 0 Å². The van der Waals surface area contributed by atoms with E-state index in [0.717, 1.165) is 44.2 Å². The highest BCUT2D eigenvalue weighted by atomic mass is 35.5. The smallest absolute Gasteiger partial charge is 0.357 e. The van der Waals surface area contributed by atoms with Gasteiger partial charge in [0.25, 0.3) is 0 Å². The Labute approximate surface area is 192 Å². The Morgan fingerprint density at radius 3 is 2.38 bits per heavy atom. The summed E-state index contributed by atoms with van der Waals surface area (Å²) in [6.07, 6.45) is 2.24. The first kappa shape index (κ1) is 22.8. The minimum Gasteiger partial charge on any atom is -0.357 e. The van der Waals surface area contributed by atoms with Crippen molar-refractivity contribution in [1.29, 1.82) is 0 Å². The van der Waals surface area contributed by atoms with Crippen LogP contribution in [0.1, 0.15) is 31.2 Å². The molecule has 4 rings (SSSR count). The largest absolute Gasteiger partial charge is 0.417 e. The Kier molecular flexibility index (Phi) is 6.62. The molecule has 2 aliphatic rings. The molecule has 172 valence electrons. The van der Waals surface area contributed by atoms with Gasteiger partial charge in [0, 0.05) is 31.9 Å². The van der Waals surface area contributed by atoms with E-state index in [2.05, 4.69) is 25.2 Å². The molecule has 12 heteroatoms. The van der Waals surface area contributed by atoms with Gasteiger partial charge < -0.3 is 15.1 Å². The molecule has 0 aliphatic carbocycles. The Morgan fingerprint density at radius 2 is 1.75 bits per heavy atom. The number of amides is 1. The van der Waals surface area contributed by atoms with Crippen molar-refractivity contribution >= 4 is 40.7 Å². The van der Waals surface area contributed by atoms with Crippen LogP contribution in [0.15, 0.2) is 24.7 Å². The molecule has 1 amide bonds. The summed E-state index contributed by atoms with van der Waals surface area (Å²) in [6, 6.07) is 0.322. The van der Waals surface area contributed by atoms with Gasteiger partial charge in [-0.3, -0.25) is 4.79 Å². The van der Waals surface area contributed by atoms with E-state index >= 15 is 0 Å². The molecular weight excluding hydrogens is 468 g/mol. The molecule has 1 unspecified atom stereocenters. The maximum atomic E-state index is 13.1. The van der Waals surface area contributed by atoms with Crippen LogP contribution in [0.4, 0.5) is 24.8 Å². The zero-order chi connectivity index (χ0) is 22.9. The van der Waals surface area contributed by atoms with Gasteiger partial charge >= 0.3 is 6.18 Å². The number of nitrogens with zero attached hydrogens (tertiary/aromatic N) is 5. The van der Waals surface area contributed by atoms with Crippen molar-refractivity contribution in [1.82, 2.24) is 19.9 Å². The van der Waals surface area contributed by atoms with Gasteiger partial charge in [-0.2, -0.15) is 13.2 Å². The van der Waals surface area contributed by atoms with Crippen LogP contribution in [0.5, 0.6) is 0 Å². The second-order valence-electron chi connectivity index (χ2n) is 7.84. The minimum atomic E-state index is -4.53. The number of rotatable bonds is 4. The van der Waals surface area contributed by atoms with Crippen LogP contribution < -0.4 is 10.2 Å². The summed E-state index contributed by atoms with van der Waals surface area (Å²) in [4.78, 5) is 29.2. The fraction of sp³-hybridized carbons (Fsp3) is 0.500. The van der Waals surface area contributed by atoms with Gasteiger partial charge in [0.15, 0.2) is 0 Å². The van der Waals surface area contributed by atoms with E-state index in [4.69, 9.17) is 23.2 Å². The summed E-state index contributed by atoms with van der Waals surface area (Å²) in [7, 11) is 0. The van der Waals surface area contributed by atoms with Crippen molar-refractivity contribution in [3.63, 3.8) is 0 Å². The molecule has 2 aliphatic heterocycles. The number of hydrogen-bond donors (Lipinski definition) is 1. The number of anilines is 2. The topological polar surface area (TPSA) is 74.2 Å². The fourth-order valence-corrected chi connectivity index (χ4v) is 4.45. The highest BCUT2D eigenvalue weighted by Gasteiger charge is 2.36. The lowest BCUT2D eigenvalue weighted by molar-refractivity contribution is -0.138. The molecule has 2 fully saturated rings. The SMILES string of the molecule is O=C1C(Nc2ncc(C(F)(F)F)cc2Cl)CCCN1C1CCN(c2cnc(Cl)cn2)CC1. The molecule has 0 spiro atoms. The number of likely N-dealkylation sites (tertiary alicyclic amines) is 1. The van der Waals surface area contributed by atoms with Gasteiger partial charge in [-0.1, -0.05) is 23.2 Å². The zero-order valence-corrected chi connectivity index (χ0v) is 18.5. The number of halogens is 5. The number of alkyl halides is 3. The van der Waals surface area contributed by atoms with Gasteiger partial charge in [0.05, 0.1) is 23.0 Å². The van der Waals surface area contributed by atoms with Crippen molar-refractivity contribution in [2.45, 2.75) is 43.9 Å². The molecule has 7 nitrogen and oxygen atoms in total. The summed E-state index contributed by atoms with van der Waals surface area (Å²) < 4.78 is 38.5. The van der Waals surface area contributed by atoms with Crippen LogP contribution in [0.3, 0.4) is 0 Å². The number of carbonyl (C=O) groups is 1. The maximum absolute atomic E-state index is 13.1. The van der Waals surface area contributed by atoms with Crippen molar-refractivity contribution in [2.24, 2.45) is 0 Å². The molecule has 2 aromatic rings. The Bertz CT molecular complexity index is 967. The lowest BCUT2D eigenvalue weighted by Crippen LogP contribution is -2.54. The lowest BCUT2D eigenvalue weighted by atomic mass is 9.97. The highest BCUT2D eigenvalue weighted by molar-refractivity contribution is 6.33. The summed E-state index contributed by atoms with van der Waals surface area (Å²) in [5.41, 5.74) is -0.929. The third-order valence-corrected chi connectivity index (χ3v) is 6.27. The summed E-state index contributed by atoms with van der Waals surface area (Å²) >= 11 is 11.8. The van der Waals surface area contributed by atoms with Crippen LogP contribution in [0.25, 0.3) is 0 Å². The molecule has 0 saturated carbocycles. The first-order valence-corrected chi connectivity index (χ1v) is 11.0. The summed E-state index contributed by atoms with van der Waals surface area (Å²) in [5, 5.41) is 3.12. The quantitative estimate of drug-likeness (QED) is 0.692. The Hall–Kier alpha value is -2.33. The first-order chi connectivity index (χ1) is 15.2. The fourth-order valence-electron chi connectivity index (χ4n) is 4.14. The van der Waals surface area contributed by atoms with E-state index in [-0.39, 0.29) is 22.8 Å². The molecule has 4 heterocycles. The molecule has 32 heavy (non-hydrogen) atoms. The average molecular weight is 489 g/mol. The molecule has 0 radical (unpaired) electrons. The molecule has 1 N–H and O–H groups in total. The maximum Gasteiger partial charge on any atom is 0.417 e. The van der Waals surface area contributed by atoms with Crippen LogP contribution in [0.2, 0.25) is 10.2 Å². The van der Waals surface area contributed by atoms with Crippen LogP contribution in [-0.2, 0) is 11.0 Å². The second kappa shape index (κ2) is 9.27. The predicted molar refractivity (Wildman–Crippen MR) is 115 cm³/mol. The number of carbonyl (C=O) groups excluding carboxylic acids is 1. The highest BCUT2D eigenvalue weighted by Crippen LogP contribution is 2.33. The number of hydrogen-bond acceptors (Lipinski definition) is 6. The van der Waals surface area contributed by atoms with Crippen molar-refractivity contribution in [2.75, 3.05) is 29.9 Å². The van der Waals surface area contributed by atoms with E-state index in [1.807, 2.05) is 4.90 Å². The Balaban J connectivity index is 1.38. The van der Waals surface area contributed by atoms with Gasteiger partial charge in [-0.25, -0.2) is 15.0 Å². The van der Waals surface area contributed by atoms with E-state index in [1.54, 1.807) is 6.20 Å². The number of aromatic nitrogens is 3. The minimum absolute atomic E-state index is 0.0796. The van der Waals surface area contributed by atoms with Gasteiger partial charge in [0.2, 0.25) is 5.91 Å². The van der Waals surface area contributed by atoms with Crippen LogP contribution >= 0.6 is 23.2 Å².